The average Bonchev–Trinajstić information content (AvgIpc) is 2.90. The van der Waals surface area contributed by atoms with Gasteiger partial charge in [0, 0.05) is 21.5 Å². The number of amides is 1. The van der Waals surface area contributed by atoms with E-state index < -0.39 is 11.8 Å². The molecule has 0 saturated heterocycles. The first-order valence-corrected chi connectivity index (χ1v) is 15.3. The Hall–Kier alpha value is -2.71. The highest BCUT2D eigenvalue weighted by molar-refractivity contribution is 9.11. The van der Waals surface area contributed by atoms with E-state index in [0.717, 1.165) is 51.2 Å². The number of hydrogen-bond donors (Lipinski definition) is 2. The van der Waals surface area contributed by atoms with Crippen molar-refractivity contribution in [3.63, 3.8) is 0 Å². The van der Waals surface area contributed by atoms with Gasteiger partial charge >= 0.3 is 5.97 Å². The lowest BCUT2D eigenvalue weighted by atomic mass is 9.92. The fourth-order valence-electron chi connectivity index (χ4n) is 5.41. The quantitative estimate of drug-likeness (QED) is 0.238. The Labute approximate surface area is 252 Å². The summed E-state index contributed by atoms with van der Waals surface area (Å²) in [5, 5.41) is 12.9. The monoisotopic (exact) mass is 672 g/mol. The molecule has 40 heavy (non-hydrogen) atoms. The number of carbonyl (C=O) groups is 2. The van der Waals surface area contributed by atoms with E-state index in [1.54, 1.807) is 6.07 Å². The maximum absolute atomic E-state index is 14.3. The molecule has 0 unspecified atom stereocenters. The smallest absolute Gasteiger partial charge is 0.336 e. The van der Waals surface area contributed by atoms with Gasteiger partial charge in [0.05, 0.1) is 23.4 Å². The molecule has 3 aromatic carbocycles. The Morgan fingerprint density at radius 2 is 1.70 bits per heavy atom. The second-order valence-electron chi connectivity index (χ2n) is 11.0. The summed E-state index contributed by atoms with van der Waals surface area (Å²) in [5.74, 6) is -1.45. The van der Waals surface area contributed by atoms with Crippen LogP contribution in [0.25, 0.3) is 11.1 Å². The molecule has 1 aliphatic carbocycles. The number of nitrogens with zero attached hydrogens (tertiary/aromatic N) is 1. The number of carboxylic acid groups (broad SMARTS) is 1. The van der Waals surface area contributed by atoms with Crippen LogP contribution in [0.4, 0.5) is 15.8 Å². The summed E-state index contributed by atoms with van der Waals surface area (Å²) in [4.78, 5) is 27.8. The molecule has 4 rings (SSSR count). The number of aromatic carboxylic acids is 1. The molecule has 0 spiro atoms. The third kappa shape index (κ3) is 7.32. The molecule has 0 aliphatic heterocycles. The van der Waals surface area contributed by atoms with Crippen LogP contribution in [-0.4, -0.2) is 29.6 Å². The molecule has 1 fully saturated rings. The third-order valence-corrected chi connectivity index (χ3v) is 9.03. The van der Waals surface area contributed by atoms with Gasteiger partial charge in [-0.3, -0.25) is 4.79 Å². The summed E-state index contributed by atoms with van der Waals surface area (Å²) in [6.07, 6.45) is 5.90. The second kappa shape index (κ2) is 13.3. The van der Waals surface area contributed by atoms with E-state index in [-0.39, 0.29) is 23.5 Å². The summed E-state index contributed by atoms with van der Waals surface area (Å²) in [5.41, 5.74) is 4.22. The number of carbonyl (C=O) groups excluding carboxylic acids is 1. The molecule has 0 bridgehead atoms. The number of carboxylic acids is 1. The fraction of sp³-hybridized carbons (Fsp3) is 0.375. The van der Waals surface area contributed by atoms with Crippen LogP contribution < -0.4 is 10.2 Å². The average molecular weight is 674 g/mol. The van der Waals surface area contributed by atoms with Crippen LogP contribution in [0.3, 0.4) is 0 Å². The molecule has 1 saturated carbocycles. The van der Waals surface area contributed by atoms with Crippen LogP contribution in [0, 0.1) is 18.7 Å². The van der Waals surface area contributed by atoms with E-state index in [0.29, 0.717) is 23.2 Å². The van der Waals surface area contributed by atoms with Crippen LogP contribution in [-0.2, 0) is 11.2 Å². The number of halogens is 3. The van der Waals surface area contributed by atoms with Crippen LogP contribution >= 0.6 is 31.9 Å². The number of anilines is 2. The van der Waals surface area contributed by atoms with Gasteiger partial charge < -0.3 is 15.3 Å². The summed E-state index contributed by atoms with van der Waals surface area (Å²) >= 11 is 7.13. The molecule has 3 aromatic rings. The number of benzene rings is 3. The standard InChI is InChI=1S/C32H35Br2FN2O3/c1-19(2)18-37(24-7-5-4-6-8-24)30-12-9-22(26-17-23(35)10-11-25(26)32(39)40)16-29(30)36-31(38)15-21-13-27(33)20(3)28(34)14-21/h9-14,16-17,19,24H,4-8,15,18H2,1-3H3,(H,36,38)(H,39,40). The van der Waals surface area contributed by atoms with E-state index in [1.165, 1.54) is 31.4 Å². The van der Waals surface area contributed by atoms with Gasteiger partial charge in [-0.2, -0.15) is 0 Å². The van der Waals surface area contributed by atoms with Crippen molar-refractivity contribution in [1.29, 1.82) is 0 Å². The van der Waals surface area contributed by atoms with Gasteiger partial charge in [-0.15, -0.1) is 0 Å². The Morgan fingerprint density at radius 3 is 2.33 bits per heavy atom. The Balaban J connectivity index is 1.77. The minimum atomic E-state index is -1.14. The lowest BCUT2D eigenvalue weighted by Gasteiger charge is -2.38. The van der Waals surface area contributed by atoms with Crippen LogP contribution in [0.15, 0.2) is 57.5 Å². The van der Waals surface area contributed by atoms with Gasteiger partial charge in [-0.05, 0) is 90.4 Å². The molecule has 0 radical (unpaired) electrons. The Morgan fingerprint density at radius 1 is 1.02 bits per heavy atom. The molecular formula is C32H35Br2FN2O3. The first kappa shape index (κ1) is 30.3. The lowest BCUT2D eigenvalue weighted by Crippen LogP contribution is -2.40. The Bertz CT molecular complexity index is 1380. The van der Waals surface area contributed by atoms with E-state index in [1.807, 2.05) is 31.2 Å². The van der Waals surface area contributed by atoms with E-state index in [2.05, 4.69) is 55.9 Å². The van der Waals surface area contributed by atoms with Crippen molar-refractivity contribution in [3.8, 4) is 11.1 Å². The topological polar surface area (TPSA) is 69.6 Å². The number of hydrogen-bond acceptors (Lipinski definition) is 3. The molecule has 0 aromatic heterocycles. The predicted molar refractivity (Wildman–Crippen MR) is 167 cm³/mol. The minimum Gasteiger partial charge on any atom is -0.478 e. The summed E-state index contributed by atoms with van der Waals surface area (Å²) in [6.45, 7) is 7.18. The molecule has 1 aliphatic rings. The van der Waals surface area contributed by atoms with Gasteiger partial charge in [0.1, 0.15) is 5.82 Å². The molecule has 2 N–H and O–H groups in total. The molecule has 5 nitrogen and oxygen atoms in total. The van der Waals surface area contributed by atoms with E-state index in [4.69, 9.17) is 0 Å². The molecular weight excluding hydrogens is 639 g/mol. The van der Waals surface area contributed by atoms with Gasteiger partial charge in [-0.25, -0.2) is 9.18 Å². The molecule has 212 valence electrons. The molecule has 1 amide bonds. The largest absolute Gasteiger partial charge is 0.478 e. The second-order valence-corrected chi connectivity index (χ2v) is 12.7. The van der Waals surface area contributed by atoms with Gasteiger partial charge in [0.25, 0.3) is 0 Å². The van der Waals surface area contributed by atoms with Crippen LogP contribution in [0.1, 0.15) is 67.4 Å². The van der Waals surface area contributed by atoms with Crippen molar-refractivity contribution < 1.29 is 19.1 Å². The van der Waals surface area contributed by atoms with E-state index in [9.17, 15) is 19.1 Å². The van der Waals surface area contributed by atoms with Crippen LogP contribution in [0.2, 0.25) is 0 Å². The third-order valence-electron chi connectivity index (χ3n) is 7.39. The summed E-state index contributed by atoms with van der Waals surface area (Å²) < 4.78 is 16.1. The molecule has 8 heteroatoms. The first-order valence-electron chi connectivity index (χ1n) is 13.7. The van der Waals surface area contributed by atoms with E-state index >= 15 is 0 Å². The predicted octanol–water partition coefficient (Wildman–Crippen LogP) is 9.00. The zero-order valence-corrected chi connectivity index (χ0v) is 26.2. The van der Waals surface area contributed by atoms with Crippen molar-refractivity contribution in [1.82, 2.24) is 0 Å². The Kier molecular flexibility index (Phi) is 10.1. The zero-order valence-electron chi connectivity index (χ0n) is 23.1. The van der Waals surface area contributed by atoms with Crippen molar-refractivity contribution in [2.45, 2.75) is 65.3 Å². The summed E-state index contributed by atoms with van der Waals surface area (Å²) in [6, 6.07) is 13.4. The number of nitrogens with one attached hydrogen (secondary N) is 1. The van der Waals surface area contributed by atoms with Crippen molar-refractivity contribution in [3.05, 3.63) is 80.0 Å². The van der Waals surface area contributed by atoms with Gasteiger partial charge in [-0.1, -0.05) is 71.0 Å². The summed E-state index contributed by atoms with van der Waals surface area (Å²) in [7, 11) is 0. The van der Waals surface area contributed by atoms with Crippen LogP contribution in [0.5, 0.6) is 0 Å². The SMILES string of the molecule is Cc1c(Br)cc(CC(=O)Nc2cc(-c3cc(F)ccc3C(=O)O)ccc2N(CC(C)C)C2CCCCC2)cc1Br. The fourth-order valence-corrected chi connectivity index (χ4v) is 6.69. The normalized spacial score (nSPS) is 13.9. The molecule has 0 heterocycles. The van der Waals surface area contributed by atoms with Gasteiger partial charge in [0.15, 0.2) is 0 Å². The van der Waals surface area contributed by atoms with Crippen molar-refractivity contribution in [2.24, 2.45) is 5.92 Å². The minimum absolute atomic E-state index is 0.00657. The highest BCUT2D eigenvalue weighted by atomic mass is 79.9. The number of rotatable bonds is 9. The maximum Gasteiger partial charge on any atom is 0.336 e. The highest BCUT2D eigenvalue weighted by Crippen LogP contribution is 2.37. The van der Waals surface area contributed by atoms with Crippen molar-refractivity contribution >= 4 is 55.1 Å². The first-order chi connectivity index (χ1) is 19.0. The molecule has 0 atom stereocenters. The highest BCUT2D eigenvalue weighted by Gasteiger charge is 2.25. The lowest BCUT2D eigenvalue weighted by molar-refractivity contribution is -0.115. The van der Waals surface area contributed by atoms with Crippen molar-refractivity contribution in [2.75, 3.05) is 16.8 Å². The van der Waals surface area contributed by atoms with Gasteiger partial charge in [0.2, 0.25) is 5.91 Å². The zero-order chi connectivity index (χ0) is 29.0. The maximum atomic E-state index is 14.3.